The van der Waals surface area contributed by atoms with E-state index in [0.717, 1.165) is 74.7 Å². The van der Waals surface area contributed by atoms with Crippen molar-refractivity contribution in [3.63, 3.8) is 0 Å². The molecule has 2 aromatic rings. The first-order chi connectivity index (χ1) is 24.3. The first-order valence-electron chi connectivity index (χ1n) is 19.5. The number of nitrogens with zero attached hydrogens (tertiary/aromatic N) is 2. The van der Waals surface area contributed by atoms with E-state index in [1.54, 1.807) is 0 Å². The first kappa shape index (κ1) is 42.4. The Kier molecular flexibility index (Phi) is 16.9. The number of carbonyl (C=O) groups excluding carboxylic acids is 3. The summed E-state index contributed by atoms with van der Waals surface area (Å²) in [6, 6.07) is 5.94. The van der Waals surface area contributed by atoms with Crippen LogP contribution in [0.3, 0.4) is 0 Å². The Morgan fingerprint density at radius 2 is 1.65 bits per heavy atom. The zero-order chi connectivity index (χ0) is 37.7. The smallest absolute Gasteiger partial charge is 0.326 e. The van der Waals surface area contributed by atoms with Gasteiger partial charge in [-0.3, -0.25) is 23.7 Å². The van der Waals surface area contributed by atoms with Crippen molar-refractivity contribution in [3.05, 3.63) is 34.2 Å². The molecule has 0 radical (unpaired) electrons. The summed E-state index contributed by atoms with van der Waals surface area (Å²) >= 11 is 0. The first-order valence-corrected chi connectivity index (χ1v) is 20.6. The number of benzene rings is 1. The van der Waals surface area contributed by atoms with Gasteiger partial charge in [-0.1, -0.05) is 84.8 Å². The number of rotatable bonds is 17. The van der Waals surface area contributed by atoms with E-state index >= 15 is 0 Å². The average Bonchev–Trinajstić information content (AvgIpc) is 3.96. The van der Waals surface area contributed by atoms with Crippen LogP contribution in [0.5, 0.6) is 0 Å². The number of imidazole rings is 1. The molecule has 2 heterocycles. The van der Waals surface area contributed by atoms with Gasteiger partial charge < -0.3 is 21.4 Å². The van der Waals surface area contributed by atoms with E-state index in [2.05, 4.69) is 49.5 Å². The molecule has 1 aliphatic heterocycles. The van der Waals surface area contributed by atoms with Gasteiger partial charge in [0, 0.05) is 18.5 Å². The molecular formula is C39H66N6O5S. The predicted octanol–water partition coefficient (Wildman–Crippen LogP) is 6.02. The van der Waals surface area contributed by atoms with Gasteiger partial charge in [-0.2, -0.15) is 0 Å². The number of likely N-dealkylation sites (tertiary alicyclic amines) is 1. The predicted molar refractivity (Wildman–Crippen MR) is 207 cm³/mol. The number of unbranched alkanes of at least 4 members (excludes halogenated alkanes) is 6. The lowest BCUT2D eigenvalue weighted by Crippen LogP contribution is -2.45. The van der Waals surface area contributed by atoms with Crippen LogP contribution < -0.4 is 21.9 Å². The lowest BCUT2D eigenvalue weighted by Gasteiger charge is -2.20. The Balaban J connectivity index is 0.000000364. The molecule has 5 rings (SSSR count). The number of aromatic nitrogens is 2. The van der Waals surface area contributed by atoms with Gasteiger partial charge in [0.15, 0.2) is 0 Å². The molecule has 0 bridgehead atoms. The Bertz CT molecular complexity index is 1510. The minimum atomic E-state index is -1.21. The standard InChI is InChI=1S/C28H43N3O3S.C7H13N3O2.C4H10/c1-4-21-19-23(21)26(32)30-35(34)28(17-18-28)16-11-9-7-5-6-8-10-13-22-14-12-15-24-25(22)29-27(33)31(24)20(2)3;8-4-6(11)10-3-1-2-5(10)7(9)12;1-4(2)3/h12,14-15,20-21,23H,4-11,13,16-19H2,1-3H3,(H,29,33)(H,30,32);5H,1-4,8H2,(H2,9,12);4H,1-3H3/t21?,23-,35?;5-;/m00./s1. The van der Waals surface area contributed by atoms with E-state index in [1.165, 1.54) is 42.6 Å². The molecule has 2 aliphatic carbocycles. The van der Waals surface area contributed by atoms with E-state index in [1.807, 2.05) is 24.5 Å². The largest absolute Gasteiger partial charge is 0.368 e. The molecular weight excluding hydrogens is 665 g/mol. The van der Waals surface area contributed by atoms with Gasteiger partial charge >= 0.3 is 5.69 Å². The van der Waals surface area contributed by atoms with Crippen LogP contribution in [0, 0.1) is 17.8 Å². The molecule has 2 unspecified atom stereocenters. The monoisotopic (exact) mass is 730 g/mol. The molecule has 3 aliphatic rings. The van der Waals surface area contributed by atoms with Crippen LogP contribution in [-0.2, 0) is 31.8 Å². The Labute approximate surface area is 308 Å². The molecule has 3 fully saturated rings. The Morgan fingerprint density at radius 1 is 1.02 bits per heavy atom. The highest BCUT2D eigenvalue weighted by atomic mass is 32.2. The van der Waals surface area contributed by atoms with Crippen molar-refractivity contribution < 1.29 is 18.6 Å². The van der Waals surface area contributed by atoms with E-state index in [4.69, 9.17) is 11.5 Å². The van der Waals surface area contributed by atoms with Crippen molar-refractivity contribution in [1.82, 2.24) is 19.2 Å². The minimum absolute atomic E-state index is 0.0153. The van der Waals surface area contributed by atoms with Gasteiger partial charge in [0.25, 0.3) is 0 Å². The molecule has 4 atom stereocenters. The number of carbonyl (C=O) groups is 3. The van der Waals surface area contributed by atoms with Crippen molar-refractivity contribution in [2.75, 3.05) is 13.1 Å². The van der Waals surface area contributed by atoms with Crippen LogP contribution in [0.15, 0.2) is 23.0 Å². The summed E-state index contributed by atoms with van der Waals surface area (Å²) in [6.45, 7) is 13.2. The van der Waals surface area contributed by atoms with Crippen LogP contribution in [-0.4, -0.2) is 60.3 Å². The number of hydrogen-bond donors (Lipinski definition) is 4. The van der Waals surface area contributed by atoms with Gasteiger partial charge in [0.05, 0.1) is 22.3 Å². The average molecular weight is 731 g/mol. The maximum absolute atomic E-state index is 12.7. The summed E-state index contributed by atoms with van der Waals surface area (Å²) in [5.74, 6) is 0.829. The number of para-hydroxylation sites is 1. The third-order valence-corrected chi connectivity index (χ3v) is 12.0. The number of amides is 3. The summed E-state index contributed by atoms with van der Waals surface area (Å²) in [4.78, 5) is 51.0. The molecule has 12 heteroatoms. The fourth-order valence-electron chi connectivity index (χ4n) is 7.02. The highest BCUT2D eigenvalue weighted by Crippen LogP contribution is 2.46. The molecule has 51 heavy (non-hydrogen) atoms. The van der Waals surface area contributed by atoms with Crippen molar-refractivity contribution in [2.45, 2.75) is 155 Å². The topological polar surface area (TPSA) is 173 Å². The zero-order valence-electron chi connectivity index (χ0n) is 32.1. The number of aromatic amines is 1. The van der Waals surface area contributed by atoms with Crippen molar-refractivity contribution in [1.29, 1.82) is 0 Å². The quantitative estimate of drug-likeness (QED) is 0.145. The third-order valence-electron chi connectivity index (χ3n) is 10.2. The zero-order valence-corrected chi connectivity index (χ0v) is 33.0. The molecule has 1 saturated heterocycles. The summed E-state index contributed by atoms with van der Waals surface area (Å²) in [5, 5.41) is 0. The lowest BCUT2D eigenvalue weighted by molar-refractivity contribution is -0.136. The number of primary amides is 1. The van der Waals surface area contributed by atoms with Gasteiger partial charge in [-0.05, 0) is 88.7 Å². The van der Waals surface area contributed by atoms with E-state index in [0.29, 0.717) is 18.9 Å². The number of nitrogens with one attached hydrogen (secondary N) is 2. The number of aryl methyl sites for hydroxylation is 1. The number of H-pyrrole nitrogens is 1. The lowest BCUT2D eigenvalue weighted by atomic mass is 10.0. The normalized spacial score (nSPS) is 20.7. The third kappa shape index (κ3) is 12.6. The minimum Gasteiger partial charge on any atom is -0.368 e. The van der Waals surface area contributed by atoms with Crippen LogP contribution >= 0.6 is 0 Å². The number of hydrogen-bond acceptors (Lipinski definition) is 6. The molecule has 1 aromatic heterocycles. The highest BCUT2D eigenvalue weighted by Gasteiger charge is 2.50. The Morgan fingerprint density at radius 3 is 2.20 bits per heavy atom. The summed E-state index contributed by atoms with van der Waals surface area (Å²) in [7, 11) is -1.21. The second kappa shape index (κ2) is 20.3. The molecule has 3 amide bonds. The molecule has 0 spiro atoms. The maximum Gasteiger partial charge on any atom is 0.326 e. The second-order valence-corrected chi connectivity index (χ2v) is 17.3. The molecule has 11 nitrogen and oxygen atoms in total. The fraction of sp³-hybridized carbons (Fsp3) is 0.744. The molecule has 1 aromatic carbocycles. The summed E-state index contributed by atoms with van der Waals surface area (Å²) in [6.07, 6.45) is 15.7. The van der Waals surface area contributed by atoms with Gasteiger partial charge in [-0.15, -0.1) is 0 Å². The van der Waals surface area contributed by atoms with Crippen LogP contribution in [0.2, 0.25) is 0 Å². The van der Waals surface area contributed by atoms with Gasteiger partial charge in [0.1, 0.15) is 17.0 Å². The summed E-state index contributed by atoms with van der Waals surface area (Å²) in [5.41, 5.74) is 13.5. The fourth-order valence-corrected chi connectivity index (χ4v) is 8.37. The van der Waals surface area contributed by atoms with Crippen molar-refractivity contribution >= 4 is 39.7 Å². The van der Waals surface area contributed by atoms with E-state index in [-0.39, 0.29) is 40.8 Å². The van der Waals surface area contributed by atoms with E-state index in [9.17, 15) is 23.4 Å². The second-order valence-electron chi connectivity index (χ2n) is 15.7. The molecule has 6 N–H and O–H groups in total. The van der Waals surface area contributed by atoms with Gasteiger partial charge in [0.2, 0.25) is 17.7 Å². The van der Waals surface area contributed by atoms with E-state index < -0.39 is 22.9 Å². The van der Waals surface area contributed by atoms with Crippen LogP contribution in [0.4, 0.5) is 0 Å². The van der Waals surface area contributed by atoms with Crippen LogP contribution in [0.25, 0.3) is 11.0 Å². The molecule has 2 saturated carbocycles. The molecule has 288 valence electrons. The number of fused-ring (bicyclic) bond motifs is 1. The maximum atomic E-state index is 12.7. The SMILES string of the molecule is CC(C)C.CCC1C[C@@H]1C(=O)NS(=O)C1(CCCCCCCCCc2cccc3c2[nH]c(=O)n3C(C)C)CC1.NCC(=O)N1CCC[C@H]1C(N)=O. The number of nitrogens with two attached hydrogens (primary N) is 2. The van der Waals surface area contributed by atoms with Crippen molar-refractivity contribution in [3.8, 4) is 0 Å². The summed E-state index contributed by atoms with van der Waals surface area (Å²) < 4.78 is 17.2. The van der Waals surface area contributed by atoms with Crippen molar-refractivity contribution in [2.24, 2.45) is 29.2 Å². The van der Waals surface area contributed by atoms with Crippen LogP contribution in [0.1, 0.15) is 143 Å². The highest BCUT2D eigenvalue weighted by molar-refractivity contribution is 7.85. The van der Waals surface area contributed by atoms with Gasteiger partial charge in [-0.25, -0.2) is 9.00 Å². The Hall–Kier alpha value is -2.99.